The van der Waals surface area contributed by atoms with Crippen LogP contribution in [0.5, 0.6) is 0 Å². The van der Waals surface area contributed by atoms with Gasteiger partial charge in [0.1, 0.15) is 5.69 Å². The minimum absolute atomic E-state index is 0.632. The minimum atomic E-state index is 0.632. The Morgan fingerprint density at radius 1 is 1.22 bits per heavy atom. The number of hydrogen-bond acceptors (Lipinski definition) is 6. The first-order chi connectivity index (χ1) is 11.3. The van der Waals surface area contributed by atoms with Crippen LogP contribution in [0.2, 0.25) is 0 Å². The third-order valence-electron chi connectivity index (χ3n) is 4.23. The van der Waals surface area contributed by atoms with Crippen molar-refractivity contribution in [1.29, 1.82) is 0 Å². The fraction of sp³-hybridized carbons (Fsp3) is 0.467. The molecule has 3 aromatic rings. The number of aryl methyl sites for hydroxylation is 2. The zero-order valence-electron chi connectivity index (χ0n) is 13.1. The predicted octanol–water partition coefficient (Wildman–Crippen LogP) is 1.69. The highest BCUT2D eigenvalue weighted by molar-refractivity contribution is 7.07. The van der Waals surface area contributed by atoms with Crippen molar-refractivity contribution in [3.63, 3.8) is 0 Å². The lowest BCUT2D eigenvalue weighted by molar-refractivity contribution is 0.260. The van der Waals surface area contributed by atoms with Gasteiger partial charge in [-0.3, -0.25) is 4.90 Å². The molecule has 0 aliphatic carbocycles. The molecule has 0 aromatic carbocycles. The largest absolute Gasteiger partial charge is 0.293 e. The van der Waals surface area contributed by atoms with Gasteiger partial charge in [-0.2, -0.15) is 11.3 Å². The number of thiophene rings is 1. The molecule has 0 spiro atoms. The third kappa shape index (κ3) is 3.04. The van der Waals surface area contributed by atoms with Crippen LogP contribution in [0.1, 0.15) is 29.1 Å². The van der Waals surface area contributed by atoms with Crippen molar-refractivity contribution in [3.8, 4) is 0 Å². The van der Waals surface area contributed by atoms with Crippen molar-refractivity contribution in [2.75, 3.05) is 6.54 Å². The molecule has 4 heterocycles. The van der Waals surface area contributed by atoms with E-state index in [1.54, 1.807) is 17.5 Å². The number of nitrogens with zero attached hydrogens (tertiary/aromatic N) is 7. The van der Waals surface area contributed by atoms with E-state index in [0.717, 1.165) is 44.0 Å². The summed E-state index contributed by atoms with van der Waals surface area (Å²) in [6.45, 7) is 6.51. The van der Waals surface area contributed by atoms with Gasteiger partial charge in [0, 0.05) is 26.2 Å². The number of hydrogen-bond donors (Lipinski definition) is 0. The van der Waals surface area contributed by atoms with E-state index >= 15 is 0 Å². The number of rotatable bonds is 4. The number of aromatic nitrogens is 6. The molecule has 7 nitrogen and oxygen atoms in total. The molecule has 3 aromatic heterocycles. The molecule has 0 amide bonds. The summed E-state index contributed by atoms with van der Waals surface area (Å²) in [7, 11) is 0. The zero-order chi connectivity index (χ0) is 15.6. The molecule has 1 aliphatic heterocycles. The second kappa shape index (κ2) is 6.21. The van der Waals surface area contributed by atoms with Crippen LogP contribution < -0.4 is 0 Å². The van der Waals surface area contributed by atoms with Gasteiger partial charge in [-0.25, -0.2) is 9.36 Å². The van der Waals surface area contributed by atoms with Gasteiger partial charge >= 0.3 is 0 Å². The molecule has 120 valence electrons. The second-order valence-electron chi connectivity index (χ2n) is 5.93. The third-order valence-corrected chi connectivity index (χ3v) is 4.96. The average Bonchev–Trinajstić information content (AvgIpc) is 3.23. The van der Waals surface area contributed by atoms with Crippen LogP contribution in [0.15, 0.2) is 23.0 Å². The fourth-order valence-corrected chi connectivity index (χ4v) is 3.62. The first kappa shape index (κ1) is 14.5. The summed E-state index contributed by atoms with van der Waals surface area (Å²) in [4.78, 5) is 2.47. The van der Waals surface area contributed by atoms with Crippen molar-refractivity contribution < 1.29 is 0 Å². The van der Waals surface area contributed by atoms with Gasteiger partial charge in [0.2, 0.25) is 0 Å². The molecule has 0 saturated heterocycles. The maximum absolute atomic E-state index is 4.39. The van der Waals surface area contributed by atoms with E-state index in [9.17, 15) is 0 Å². The van der Waals surface area contributed by atoms with Crippen LogP contribution >= 0.6 is 11.3 Å². The van der Waals surface area contributed by atoms with Crippen LogP contribution in [0, 0.1) is 6.92 Å². The van der Waals surface area contributed by atoms with E-state index < -0.39 is 0 Å². The highest BCUT2D eigenvalue weighted by Crippen LogP contribution is 2.18. The molecular weight excluding hydrogens is 310 g/mol. The predicted molar refractivity (Wildman–Crippen MR) is 86.9 cm³/mol. The first-order valence-electron chi connectivity index (χ1n) is 7.79. The lowest BCUT2D eigenvalue weighted by Crippen LogP contribution is -2.23. The van der Waals surface area contributed by atoms with E-state index in [1.165, 1.54) is 11.3 Å². The van der Waals surface area contributed by atoms with Gasteiger partial charge in [-0.05, 0) is 35.7 Å². The molecule has 0 unspecified atom stereocenters. The lowest BCUT2D eigenvalue weighted by Gasteiger charge is -2.19. The Kier molecular flexibility index (Phi) is 3.92. The molecule has 23 heavy (non-hydrogen) atoms. The fourth-order valence-electron chi connectivity index (χ4n) is 2.96. The zero-order valence-corrected chi connectivity index (χ0v) is 13.9. The highest BCUT2D eigenvalue weighted by Gasteiger charge is 2.21. The summed E-state index contributed by atoms with van der Waals surface area (Å²) >= 11 is 1.75. The van der Waals surface area contributed by atoms with Gasteiger partial charge < -0.3 is 0 Å². The smallest absolute Gasteiger partial charge is 0.109 e. The monoisotopic (exact) mass is 329 g/mol. The van der Waals surface area contributed by atoms with Gasteiger partial charge in [-0.1, -0.05) is 10.4 Å². The molecule has 0 bridgehead atoms. The molecule has 0 fully saturated rings. The van der Waals surface area contributed by atoms with Crippen molar-refractivity contribution in [2.45, 2.75) is 39.5 Å². The van der Waals surface area contributed by atoms with Crippen LogP contribution in [-0.2, 0) is 26.2 Å². The number of fused-ring (bicyclic) bond motifs is 1. The Balaban J connectivity index is 1.56. The van der Waals surface area contributed by atoms with Crippen molar-refractivity contribution in [2.24, 2.45) is 0 Å². The van der Waals surface area contributed by atoms with Gasteiger partial charge in [0.15, 0.2) is 0 Å². The molecule has 8 heteroatoms. The lowest BCUT2D eigenvalue weighted by atomic mass is 10.2. The first-order valence-corrected chi connectivity index (χ1v) is 8.73. The van der Waals surface area contributed by atoms with Gasteiger partial charge in [0.25, 0.3) is 0 Å². The molecule has 1 aliphatic rings. The Bertz CT molecular complexity index is 774. The Morgan fingerprint density at radius 2 is 2.17 bits per heavy atom. The Morgan fingerprint density at radius 3 is 2.96 bits per heavy atom. The summed E-state index contributed by atoms with van der Waals surface area (Å²) in [6.07, 6.45) is 2.87. The van der Waals surface area contributed by atoms with Crippen molar-refractivity contribution in [1.82, 2.24) is 34.9 Å². The molecule has 0 radical (unpaired) electrons. The average molecular weight is 329 g/mol. The Labute approximate surface area is 138 Å². The van der Waals surface area contributed by atoms with E-state index in [0.29, 0.717) is 6.54 Å². The van der Waals surface area contributed by atoms with E-state index in [-0.39, 0.29) is 0 Å². The van der Waals surface area contributed by atoms with Crippen LogP contribution in [0.25, 0.3) is 0 Å². The van der Waals surface area contributed by atoms with Gasteiger partial charge in [-0.15, -0.1) is 10.2 Å². The van der Waals surface area contributed by atoms with E-state index in [1.807, 2.05) is 11.6 Å². The molecular formula is C15H19N7S. The SMILES string of the molecule is Cc1cnnn1Cc1nnn2c1CN(Cc1ccsc1)CCC2. The van der Waals surface area contributed by atoms with Crippen LogP contribution in [-0.4, -0.2) is 41.4 Å². The molecule has 0 atom stereocenters. The van der Waals surface area contributed by atoms with Crippen molar-refractivity contribution >= 4 is 11.3 Å². The normalized spacial score (nSPS) is 15.5. The Hall–Kier alpha value is -2.06. The van der Waals surface area contributed by atoms with Crippen LogP contribution in [0.4, 0.5) is 0 Å². The van der Waals surface area contributed by atoms with Crippen molar-refractivity contribution in [3.05, 3.63) is 45.7 Å². The van der Waals surface area contributed by atoms with E-state index in [2.05, 4.69) is 47.0 Å². The maximum Gasteiger partial charge on any atom is 0.109 e. The summed E-state index contributed by atoms with van der Waals surface area (Å²) in [5.41, 5.74) is 4.61. The quantitative estimate of drug-likeness (QED) is 0.729. The molecule has 0 saturated carbocycles. The van der Waals surface area contributed by atoms with Crippen LogP contribution in [0.3, 0.4) is 0 Å². The summed E-state index contributed by atoms with van der Waals surface area (Å²) in [6, 6.07) is 2.20. The highest BCUT2D eigenvalue weighted by atomic mass is 32.1. The molecule has 4 rings (SSSR count). The maximum atomic E-state index is 4.39. The summed E-state index contributed by atoms with van der Waals surface area (Å²) in [5.74, 6) is 0. The topological polar surface area (TPSA) is 64.7 Å². The minimum Gasteiger partial charge on any atom is -0.293 e. The second-order valence-corrected chi connectivity index (χ2v) is 6.71. The molecule has 0 N–H and O–H groups in total. The van der Waals surface area contributed by atoms with E-state index in [4.69, 9.17) is 0 Å². The summed E-state index contributed by atoms with van der Waals surface area (Å²) < 4.78 is 3.92. The standard InChI is InChI=1S/C15H19N7S/c1-12-7-16-18-22(12)9-14-15-10-20(8-13-3-6-23-11-13)4-2-5-21(15)19-17-14/h3,6-7,11H,2,4-5,8-10H2,1H3. The van der Waals surface area contributed by atoms with Gasteiger partial charge in [0.05, 0.1) is 24.1 Å². The summed E-state index contributed by atoms with van der Waals surface area (Å²) in [5, 5.41) is 21.2.